The second-order valence-corrected chi connectivity index (χ2v) is 5.01. The maximum Gasteiger partial charge on any atom is 0.252 e. The Morgan fingerprint density at radius 2 is 2.05 bits per heavy atom. The largest absolute Gasteiger partial charge is 0.350 e. The van der Waals surface area contributed by atoms with E-state index in [4.69, 9.17) is 0 Å². The zero-order valence-electron chi connectivity index (χ0n) is 12.7. The Labute approximate surface area is 130 Å². The quantitative estimate of drug-likeness (QED) is 0.920. The van der Waals surface area contributed by atoms with Crippen LogP contribution in [0.4, 0.5) is 5.69 Å². The summed E-state index contributed by atoms with van der Waals surface area (Å²) in [5.74, 6) is -0.248. The average molecular weight is 297 g/mol. The van der Waals surface area contributed by atoms with E-state index in [2.05, 4.69) is 10.3 Å². The summed E-state index contributed by atoms with van der Waals surface area (Å²) >= 11 is 0. The number of nitrogens with zero attached hydrogens (tertiary/aromatic N) is 2. The van der Waals surface area contributed by atoms with Crippen molar-refractivity contribution in [3.05, 3.63) is 59.9 Å². The Kier molecular flexibility index (Phi) is 5.25. The summed E-state index contributed by atoms with van der Waals surface area (Å²) in [6.07, 6.45) is 3.13. The summed E-state index contributed by atoms with van der Waals surface area (Å²) in [5.41, 5.74) is 2.43. The number of nitrogens with one attached hydrogen (secondary N) is 1. The SMILES string of the molecule is CC(=O)N(CCNC(=O)c1cccnc1)c1cccc(C)c1. The smallest absolute Gasteiger partial charge is 0.252 e. The van der Waals surface area contributed by atoms with E-state index >= 15 is 0 Å². The highest BCUT2D eigenvalue weighted by Gasteiger charge is 2.12. The molecule has 0 fully saturated rings. The first-order valence-electron chi connectivity index (χ1n) is 7.11. The van der Waals surface area contributed by atoms with Gasteiger partial charge in [-0.25, -0.2) is 0 Å². The minimum atomic E-state index is -0.194. The molecule has 0 saturated carbocycles. The van der Waals surface area contributed by atoms with Gasteiger partial charge in [0.25, 0.3) is 5.91 Å². The average Bonchev–Trinajstić information content (AvgIpc) is 2.51. The Balaban J connectivity index is 1.96. The standard InChI is InChI=1S/C17H19N3O2/c1-13-5-3-7-16(11-13)20(14(2)21)10-9-19-17(22)15-6-4-8-18-12-15/h3-8,11-12H,9-10H2,1-2H3,(H,19,22). The number of carbonyl (C=O) groups is 2. The zero-order valence-corrected chi connectivity index (χ0v) is 12.7. The first-order valence-corrected chi connectivity index (χ1v) is 7.11. The van der Waals surface area contributed by atoms with Gasteiger partial charge in [0.05, 0.1) is 5.56 Å². The van der Waals surface area contributed by atoms with Gasteiger partial charge in [0.1, 0.15) is 0 Å². The predicted molar refractivity (Wildman–Crippen MR) is 85.8 cm³/mol. The van der Waals surface area contributed by atoms with Crippen molar-refractivity contribution >= 4 is 17.5 Å². The fourth-order valence-electron chi connectivity index (χ4n) is 2.14. The Morgan fingerprint density at radius 3 is 2.68 bits per heavy atom. The van der Waals surface area contributed by atoms with Crippen molar-refractivity contribution < 1.29 is 9.59 Å². The van der Waals surface area contributed by atoms with Gasteiger partial charge in [-0.2, -0.15) is 0 Å². The second kappa shape index (κ2) is 7.36. The maximum atomic E-state index is 11.9. The summed E-state index contributed by atoms with van der Waals surface area (Å²) in [7, 11) is 0. The summed E-state index contributed by atoms with van der Waals surface area (Å²) in [6, 6.07) is 11.1. The van der Waals surface area contributed by atoms with Crippen LogP contribution in [-0.2, 0) is 4.79 Å². The fourth-order valence-corrected chi connectivity index (χ4v) is 2.14. The molecule has 22 heavy (non-hydrogen) atoms. The Hall–Kier alpha value is -2.69. The monoisotopic (exact) mass is 297 g/mol. The third-order valence-electron chi connectivity index (χ3n) is 3.24. The molecule has 0 bridgehead atoms. The summed E-state index contributed by atoms with van der Waals surface area (Å²) < 4.78 is 0. The number of hydrogen-bond donors (Lipinski definition) is 1. The van der Waals surface area contributed by atoms with E-state index in [1.807, 2.05) is 31.2 Å². The van der Waals surface area contributed by atoms with Crippen LogP contribution in [0.2, 0.25) is 0 Å². The lowest BCUT2D eigenvalue weighted by Gasteiger charge is -2.21. The molecule has 1 N–H and O–H groups in total. The number of aromatic nitrogens is 1. The third kappa shape index (κ3) is 4.15. The lowest BCUT2D eigenvalue weighted by atomic mass is 10.2. The Bertz CT molecular complexity index is 656. The highest BCUT2D eigenvalue weighted by Crippen LogP contribution is 2.15. The lowest BCUT2D eigenvalue weighted by molar-refractivity contribution is -0.116. The number of anilines is 1. The molecular weight excluding hydrogens is 278 g/mol. The molecule has 0 aliphatic heterocycles. The number of aryl methyl sites for hydroxylation is 1. The molecule has 114 valence electrons. The molecule has 0 aliphatic carbocycles. The number of rotatable bonds is 5. The van der Waals surface area contributed by atoms with Crippen LogP contribution in [0.5, 0.6) is 0 Å². The van der Waals surface area contributed by atoms with E-state index in [-0.39, 0.29) is 11.8 Å². The van der Waals surface area contributed by atoms with E-state index in [9.17, 15) is 9.59 Å². The molecule has 0 unspecified atom stereocenters. The lowest BCUT2D eigenvalue weighted by Crippen LogP contribution is -2.37. The fraction of sp³-hybridized carbons (Fsp3) is 0.235. The minimum absolute atomic E-state index is 0.0544. The van der Waals surface area contributed by atoms with E-state index in [0.717, 1.165) is 11.3 Å². The second-order valence-electron chi connectivity index (χ2n) is 5.01. The maximum absolute atomic E-state index is 11.9. The van der Waals surface area contributed by atoms with E-state index < -0.39 is 0 Å². The van der Waals surface area contributed by atoms with Crippen LogP contribution < -0.4 is 10.2 Å². The number of hydrogen-bond acceptors (Lipinski definition) is 3. The first kappa shape index (κ1) is 15.7. The van der Waals surface area contributed by atoms with Crippen LogP contribution in [0, 0.1) is 6.92 Å². The molecule has 2 aromatic rings. The topological polar surface area (TPSA) is 62.3 Å². The number of carbonyl (C=O) groups excluding carboxylic acids is 2. The highest BCUT2D eigenvalue weighted by atomic mass is 16.2. The van der Waals surface area contributed by atoms with Gasteiger partial charge in [-0.1, -0.05) is 12.1 Å². The van der Waals surface area contributed by atoms with Gasteiger partial charge in [-0.05, 0) is 36.8 Å². The van der Waals surface area contributed by atoms with Gasteiger partial charge >= 0.3 is 0 Å². The van der Waals surface area contributed by atoms with Crippen molar-refractivity contribution in [2.45, 2.75) is 13.8 Å². The van der Waals surface area contributed by atoms with Gasteiger partial charge < -0.3 is 10.2 Å². The molecule has 1 aromatic heterocycles. The number of amides is 2. The predicted octanol–water partition coefficient (Wildman–Crippen LogP) is 2.17. The molecule has 2 amide bonds. The molecule has 1 heterocycles. The number of benzene rings is 1. The third-order valence-corrected chi connectivity index (χ3v) is 3.24. The molecule has 0 spiro atoms. The molecule has 0 aliphatic rings. The van der Waals surface area contributed by atoms with Gasteiger partial charge in [-0.15, -0.1) is 0 Å². The first-order chi connectivity index (χ1) is 10.6. The van der Waals surface area contributed by atoms with E-state index in [1.165, 1.54) is 13.1 Å². The normalized spacial score (nSPS) is 10.1. The molecule has 5 heteroatoms. The molecular formula is C17H19N3O2. The van der Waals surface area contributed by atoms with Crippen LogP contribution in [0.15, 0.2) is 48.8 Å². The van der Waals surface area contributed by atoms with E-state index in [0.29, 0.717) is 18.7 Å². The van der Waals surface area contributed by atoms with Crippen LogP contribution in [0.25, 0.3) is 0 Å². The molecule has 1 aromatic carbocycles. The summed E-state index contributed by atoms with van der Waals surface area (Å²) in [4.78, 5) is 29.3. The Morgan fingerprint density at radius 1 is 1.23 bits per heavy atom. The minimum Gasteiger partial charge on any atom is -0.350 e. The van der Waals surface area contributed by atoms with Crippen molar-refractivity contribution in [3.63, 3.8) is 0 Å². The van der Waals surface area contributed by atoms with E-state index in [1.54, 1.807) is 23.2 Å². The molecule has 0 atom stereocenters. The van der Waals surface area contributed by atoms with Crippen molar-refractivity contribution in [2.24, 2.45) is 0 Å². The van der Waals surface area contributed by atoms with Gasteiger partial charge in [0, 0.05) is 38.1 Å². The highest BCUT2D eigenvalue weighted by molar-refractivity contribution is 5.94. The van der Waals surface area contributed by atoms with Crippen molar-refractivity contribution in [1.29, 1.82) is 0 Å². The van der Waals surface area contributed by atoms with Gasteiger partial charge in [-0.3, -0.25) is 14.6 Å². The van der Waals surface area contributed by atoms with Crippen molar-refractivity contribution in [1.82, 2.24) is 10.3 Å². The molecule has 2 rings (SSSR count). The zero-order chi connectivity index (χ0) is 15.9. The summed E-state index contributed by atoms with van der Waals surface area (Å²) in [6.45, 7) is 4.29. The summed E-state index contributed by atoms with van der Waals surface area (Å²) in [5, 5.41) is 2.80. The van der Waals surface area contributed by atoms with Crippen LogP contribution in [-0.4, -0.2) is 29.9 Å². The van der Waals surface area contributed by atoms with Crippen molar-refractivity contribution in [2.75, 3.05) is 18.0 Å². The van der Waals surface area contributed by atoms with Gasteiger partial charge in [0.15, 0.2) is 0 Å². The molecule has 0 saturated heterocycles. The van der Waals surface area contributed by atoms with Crippen LogP contribution in [0.1, 0.15) is 22.8 Å². The number of pyridine rings is 1. The molecule has 5 nitrogen and oxygen atoms in total. The van der Waals surface area contributed by atoms with Crippen LogP contribution in [0.3, 0.4) is 0 Å². The van der Waals surface area contributed by atoms with Gasteiger partial charge in [0.2, 0.25) is 5.91 Å². The van der Waals surface area contributed by atoms with Crippen molar-refractivity contribution in [3.8, 4) is 0 Å². The molecule has 0 radical (unpaired) electrons. The van der Waals surface area contributed by atoms with Crippen LogP contribution >= 0.6 is 0 Å².